The Morgan fingerprint density at radius 3 is 1.89 bits per heavy atom. The summed E-state index contributed by atoms with van der Waals surface area (Å²) in [6, 6.07) is 6.87. The molecule has 76 heavy (non-hydrogen) atoms. The molecule has 26 nitrogen and oxygen atoms in total. The lowest BCUT2D eigenvalue weighted by molar-refractivity contribution is -0.156. The first-order valence-electron chi connectivity index (χ1n) is 24.6. The molecule has 11 amide bonds. The lowest BCUT2D eigenvalue weighted by Crippen LogP contribution is -2.66. The molecule has 0 aliphatic carbocycles. The molecule has 28 heteroatoms. The van der Waals surface area contributed by atoms with E-state index in [0.717, 1.165) is 21.6 Å². The van der Waals surface area contributed by atoms with Crippen molar-refractivity contribution in [3.63, 3.8) is 0 Å². The number of carbonyl (C=O) groups excluding carboxylic acids is 11. The number of fused-ring (bicyclic) bond motifs is 17. The molecule has 4 aliphatic heterocycles. The van der Waals surface area contributed by atoms with Crippen molar-refractivity contribution in [3.8, 4) is 0 Å². The van der Waals surface area contributed by atoms with Crippen molar-refractivity contribution < 1.29 is 52.7 Å². The maximum atomic E-state index is 14.9. The lowest BCUT2D eigenvalue weighted by Gasteiger charge is -2.44. The molecule has 4 saturated heterocycles. The Kier molecular flexibility index (Phi) is 22.7. The van der Waals surface area contributed by atoms with E-state index in [9.17, 15) is 52.7 Å². The van der Waals surface area contributed by atoms with Gasteiger partial charge in [-0.25, -0.2) is 0 Å². The fourth-order valence-electron chi connectivity index (χ4n) is 8.91. The molecular formula is C48H67N15O11S2. The number of carbonyl (C=O) groups is 11. The Morgan fingerprint density at radius 1 is 0.697 bits per heavy atom. The molecule has 4 heterocycles. The van der Waals surface area contributed by atoms with Crippen LogP contribution in [0.5, 0.6) is 0 Å². The topological polar surface area (TPSA) is 426 Å². The molecule has 0 saturated carbocycles. The zero-order valence-electron chi connectivity index (χ0n) is 41.8. The van der Waals surface area contributed by atoms with Crippen LogP contribution in [0.3, 0.4) is 0 Å². The number of nitrogens with two attached hydrogens (primary N) is 6. The molecule has 0 radical (unpaired) electrons. The summed E-state index contributed by atoms with van der Waals surface area (Å²) in [6.45, 7) is -0.549. The van der Waals surface area contributed by atoms with Gasteiger partial charge in [-0.2, -0.15) is 0 Å². The van der Waals surface area contributed by atoms with Gasteiger partial charge < -0.3 is 75.7 Å². The van der Waals surface area contributed by atoms with Crippen molar-refractivity contribution in [2.24, 2.45) is 39.4 Å². The van der Waals surface area contributed by atoms with Crippen molar-refractivity contribution in [2.45, 2.75) is 106 Å². The van der Waals surface area contributed by atoms with Crippen LogP contribution < -0.4 is 61.0 Å². The highest BCUT2D eigenvalue weighted by Crippen LogP contribution is 2.28. The minimum absolute atomic E-state index is 0.0134. The molecular weight excluding hydrogens is 1030 g/mol. The van der Waals surface area contributed by atoms with Crippen LogP contribution in [0.4, 0.5) is 0 Å². The monoisotopic (exact) mass is 1090 g/mol. The summed E-state index contributed by atoms with van der Waals surface area (Å²) in [7, 11) is 2.12. The van der Waals surface area contributed by atoms with E-state index in [0.29, 0.717) is 17.5 Å². The Balaban J connectivity index is 1.50. The summed E-state index contributed by atoms with van der Waals surface area (Å²) >= 11 is 0. The number of aliphatic imine (C=N–C) groups is 1. The maximum absolute atomic E-state index is 14.9. The second-order valence-electron chi connectivity index (χ2n) is 18.4. The van der Waals surface area contributed by atoms with E-state index >= 15 is 0 Å². The molecule has 0 spiro atoms. The first-order chi connectivity index (χ1) is 36.2. The molecule has 2 aromatic carbocycles. The molecule has 4 fully saturated rings. The first-order valence-corrected chi connectivity index (χ1v) is 27.1. The van der Waals surface area contributed by atoms with E-state index in [-0.39, 0.29) is 75.7 Å². The van der Waals surface area contributed by atoms with Gasteiger partial charge in [0.25, 0.3) is 0 Å². The van der Waals surface area contributed by atoms with Crippen molar-refractivity contribution in [3.05, 3.63) is 71.8 Å². The standard InChI is InChI=1S/C48H67N15O11S2/c49-29-25-75-76-26-33(46(73)61-18-8-14-34(61)43(70)57-30(13-7-17-55-48(53)54)40(67)56-24-39(52)66)60-42(69)32(23-38(51)65)59-41(68)31(15-16-37(50)64)58-44(71)35(21-27-9-3-1-4-10-27)62-19-20-63(45(29)72)36(47(62)74)22-28-11-5-2-6-12-28/h1-6,9-12,29-36H,7-8,13-26,49H2,(H2,50,64)(H2,51,65)(H2,52,66)(H,56,67)(H,57,70)(H,58,71)(H,59,68)(H,60,69)(H4,53,54,55)/t29-,30-,31-,32-,33-,34-,35-,36-/m0/s1. The number of nitrogens with zero attached hydrogens (tertiary/aromatic N) is 4. The van der Waals surface area contributed by atoms with E-state index in [4.69, 9.17) is 34.4 Å². The number of guanidine groups is 1. The minimum Gasteiger partial charge on any atom is -0.370 e. The van der Waals surface area contributed by atoms with Crippen LogP contribution in [0.15, 0.2) is 65.7 Å². The van der Waals surface area contributed by atoms with Gasteiger partial charge in [0.15, 0.2) is 5.96 Å². The lowest BCUT2D eigenvalue weighted by atomic mass is 9.96. The summed E-state index contributed by atoms with van der Waals surface area (Å²) in [5, 5.41) is 12.7. The third kappa shape index (κ3) is 17.6. The minimum atomic E-state index is -1.77. The van der Waals surface area contributed by atoms with Crippen LogP contribution in [0.2, 0.25) is 0 Å². The fourth-order valence-corrected chi connectivity index (χ4v) is 11.2. The van der Waals surface area contributed by atoms with Gasteiger partial charge in [-0.3, -0.25) is 57.7 Å². The van der Waals surface area contributed by atoms with Gasteiger partial charge in [0.05, 0.1) is 19.0 Å². The second-order valence-corrected chi connectivity index (χ2v) is 20.9. The third-order valence-electron chi connectivity index (χ3n) is 12.7. The van der Waals surface area contributed by atoms with Gasteiger partial charge >= 0.3 is 0 Å². The number of benzene rings is 2. The molecule has 4 aliphatic rings. The van der Waals surface area contributed by atoms with Gasteiger partial charge in [-0.1, -0.05) is 82.3 Å². The van der Waals surface area contributed by atoms with Crippen LogP contribution in [0.1, 0.15) is 56.1 Å². The number of piperazine rings is 1. The van der Waals surface area contributed by atoms with E-state index < -0.39 is 139 Å². The van der Waals surface area contributed by atoms with Crippen molar-refractivity contribution in [2.75, 3.05) is 44.2 Å². The Bertz CT molecular complexity index is 2470. The Morgan fingerprint density at radius 2 is 1.29 bits per heavy atom. The van der Waals surface area contributed by atoms with Gasteiger partial charge in [-0.15, -0.1) is 0 Å². The second kappa shape index (κ2) is 29.0. The summed E-state index contributed by atoms with van der Waals surface area (Å²) in [5.74, 6) is -9.53. The predicted molar refractivity (Wildman–Crippen MR) is 281 cm³/mol. The molecule has 412 valence electrons. The van der Waals surface area contributed by atoms with Crippen LogP contribution in [-0.2, 0) is 65.6 Å². The highest BCUT2D eigenvalue weighted by molar-refractivity contribution is 8.76. The van der Waals surface area contributed by atoms with E-state index in [1.54, 1.807) is 60.7 Å². The maximum Gasteiger partial charge on any atom is 0.246 e. The van der Waals surface area contributed by atoms with Crippen molar-refractivity contribution in [1.29, 1.82) is 0 Å². The first kappa shape index (κ1) is 59.4. The summed E-state index contributed by atoms with van der Waals surface area (Å²) in [4.78, 5) is 158. The SMILES string of the molecule is NC(=O)CC[C@@H]1NC(=O)[C@H](Cc2ccccc2)N2CCN(C(=O)[C@@H](N)CSSC[C@@H](C(=O)N3CCC[C@H]3C(=O)N[C@@H](CCCN=C(N)N)C(=O)NCC(N)=O)NC(=O)[C@H](CC(N)=O)NC1=O)[C@@H](Cc1ccccc1)C2=O. The molecule has 0 unspecified atom stereocenters. The average molecular weight is 1090 g/mol. The third-order valence-corrected chi connectivity index (χ3v) is 15.2. The van der Waals surface area contributed by atoms with E-state index in [1.807, 2.05) is 0 Å². The van der Waals surface area contributed by atoms with Gasteiger partial charge in [0, 0.05) is 56.9 Å². The average Bonchev–Trinajstić information content (AvgIpc) is 3.88. The number of likely N-dealkylation sites (tertiary alicyclic amines) is 1. The Hall–Kier alpha value is -7.46. The van der Waals surface area contributed by atoms with Crippen LogP contribution in [0.25, 0.3) is 0 Å². The quantitative estimate of drug-likeness (QED) is 0.0207. The molecule has 2 aromatic rings. The van der Waals surface area contributed by atoms with Crippen LogP contribution >= 0.6 is 21.6 Å². The zero-order valence-corrected chi connectivity index (χ0v) is 43.4. The summed E-state index contributed by atoms with van der Waals surface area (Å²) in [6.07, 6.45) is -0.925. The smallest absolute Gasteiger partial charge is 0.246 e. The van der Waals surface area contributed by atoms with Crippen LogP contribution in [0, 0.1) is 0 Å². The number of hydrogen-bond acceptors (Lipinski definition) is 15. The summed E-state index contributed by atoms with van der Waals surface area (Å²) < 4.78 is 0. The fraction of sp³-hybridized carbons (Fsp3) is 0.500. The van der Waals surface area contributed by atoms with Gasteiger partial charge in [0.1, 0.15) is 42.3 Å². The number of nitrogens with one attached hydrogen (secondary N) is 5. The number of rotatable bonds is 19. The Labute approximate surface area is 446 Å². The number of primary amides is 3. The van der Waals surface area contributed by atoms with Gasteiger partial charge in [-0.05, 0) is 43.2 Å². The predicted octanol–water partition coefficient (Wildman–Crippen LogP) is -4.67. The normalized spacial score (nSPS) is 23.3. The number of hydrogen-bond donors (Lipinski definition) is 11. The van der Waals surface area contributed by atoms with Crippen LogP contribution in [-0.4, -0.2) is 178 Å². The number of amides is 11. The summed E-state index contributed by atoms with van der Waals surface area (Å²) in [5.41, 5.74) is 35.1. The molecule has 0 aromatic heterocycles. The van der Waals surface area contributed by atoms with Crippen molar-refractivity contribution >= 4 is 92.5 Å². The highest BCUT2D eigenvalue weighted by Gasteiger charge is 2.45. The largest absolute Gasteiger partial charge is 0.370 e. The molecule has 6 rings (SSSR count). The highest BCUT2D eigenvalue weighted by atomic mass is 33.1. The molecule has 17 N–H and O–H groups in total. The molecule has 2 bridgehead atoms. The van der Waals surface area contributed by atoms with Gasteiger partial charge in [0.2, 0.25) is 65.0 Å². The molecule has 8 atom stereocenters. The zero-order chi connectivity index (χ0) is 55.5. The van der Waals surface area contributed by atoms with E-state index in [2.05, 4.69) is 31.6 Å². The van der Waals surface area contributed by atoms with Crippen molar-refractivity contribution in [1.82, 2.24) is 41.3 Å². The van der Waals surface area contributed by atoms with E-state index in [1.165, 1.54) is 14.7 Å².